The maximum Gasteiger partial charge on any atom is 0.322 e. The monoisotopic (exact) mass is 201 g/mol. The van der Waals surface area contributed by atoms with E-state index in [0.717, 1.165) is 6.54 Å². The summed E-state index contributed by atoms with van der Waals surface area (Å²) >= 11 is 0. The van der Waals surface area contributed by atoms with Gasteiger partial charge in [-0.05, 0) is 20.8 Å². The lowest BCUT2D eigenvalue weighted by molar-refractivity contribution is -0.143. The molecule has 0 amide bonds. The summed E-state index contributed by atoms with van der Waals surface area (Å²) < 4.78 is 10.4. The summed E-state index contributed by atoms with van der Waals surface area (Å²) in [7, 11) is 1.40. The van der Waals surface area contributed by atoms with Gasteiger partial charge in [-0.3, -0.25) is 4.79 Å². The van der Waals surface area contributed by atoms with Crippen LogP contribution >= 0.6 is 0 Å². The van der Waals surface area contributed by atoms with Crippen molar-refractivity contribution in [2.24, 2.45) is 0 Å². The standard InChI is InChI=1S/C10H19NO3/c1-10(2,3)14-7-5-8(11-6-7)9(12)13-4/h7-8,11H,5-6H2,1-4H3. The average Bonchev–Trinajstić information content (AvgIpc) is 2.48. The van der Waals surface area contributed by atoms with Crippen LogP contribution in [0.1, 0.15) is 27.2 Å². The molecule has 82 valence electrons. The molecule has 14 heavy (non-hydrogen) atoms. The Kier molecular flexibility index (Phi) is 3.50. The third kappa shape index (κ3) is 3.27. The summed E-state index contributed by atoms with van der Waals surface area (Å²) in [6, 6.07) is -0.202. The third-order valence-corrected chi connectivity index (χ3v) is 2.10. The minimum Gasteiger partial charge on any atom is -0.468 e. The number of carbonyl (C=O) groups is 1. The van der Waals surface area contributed by atoms with Crippen molar-refractivity contribution in [1.29, 1.82) is 0 Å². The van der Waals surface area contributed by atoms with Crippen LogP contribution in [0, 0.1) is 0 Å². The minimum absolute atomic E-state index is 0.110. The molecule has 0 radical (unpaired) electrons. The molecule has 2 unspecified atom stereocenters. The van der Waals surface area contributed by atoms with Gasteiger partial charge in [-0.2, -0.15) is 0 Å². The zero-order valence-corrected chi connectivity index (χ0v) is 9.29. The van der Waals surface area contributed by atoms with Gasteiger partial charge in [0.05, 0.1) is 18.8 Å². The van der Waals surface area contributed by atoms with Gasteiger partial charge < -0.3 is 14.8 Å². The van der Waals surface area contributed by atoms with Crippen molar-refractivity contribution in [2.75, 3.05) is 13.7 Å². The maximum atomic E-state index is 11.2. The molecule has 1 aliphatic heterocycles. The van der Waals surface area contributed by atoms with Gasteiger partial charge in [-0.1, -0.05) is 0 Å². The molecule has 4 nitrogen and oxygen atoms in total. The van der Waals surface area contributed by atoms with Gasteiger partial charge in [-0.15, -0.1) is 0 Å². The van der Waals surface area contributed by atoms with E-state index in [1.165, 1.54) is 7.11 Å². The summed E-state index contributed by atoms with van der Waals surface area (Å²) in [5.74, 6) is -0.204. The molecule has 0 aliphatic carbocycles. The molecule has 1 rings (SSSR count). The van der Waals surface area contributed by atoms with Crippen LogP contribution in [-0.2, 0) is 14.3 Å². The first-order chi connectivity index (χ1) is 6.42. The van der Waals surface area contributed by atoms with E-state index >= 15 is 0 Å². The fourth-order valence-electron chi connectivity index (χ4n) is 1.61. The number of hydrogen-bond acceptors (Lipinski definition) is 4. The first-order valence-corrected chi connectivity index (χ1v) is 4.91. The van der Waals surface area contributed by atoms with E-state index in [2.05, 4.69) is 10.1 Å². The summed E-state index contributed by atoms with van der Waals surface area (Å²) in [4.78, 5) is 11.2. The predicted molar refractivity (Wildman–Crippen MR) is 53.0 cm³/mol. The van der Waals surface area contributed by atoms with Crippen LogP contribution in [0.4, 0.5) is 0 Å². The van der Waals surface area contributed by atoms with Crippen LogP contribution in [0.5, 0.6) is 0 Å². The van der Waals surface area contributed by atoms with E-state index in [1.54, 1.807) is 0 Å². The number of esters is 1. The molecule has 1 fully saturated rings. The quantitative estimate of drug-likeness (QED) is 0.668. The van der Waals surface area contributed by atoms with Crippen molar-refractivity contribution in [3.8, 4) is 0 Å². The van der Waals surface area contributed by atoms with E-state index in [1.807, 2.05) is 20.8 Å². The highest BCUT2D eigenvalue weighted by Gasteiger charge is 2.32. The van der Waals surface area contributed by atoms with Gasteiger partial charge in [0, 0.05) is 13.0 Å². The maximum absolute atomic E-state index is 11.2. The van der Waals surface area contributed by atoms with Crippen LogP contribution in [0.25, 0.3) is 0 Å². The Bertz CT molecular complexity index is 210. The Labute approximate surface area is 85.0 Å². The molecule has 1 N–H and O–H groups in total. The average molecular weight is 201 g/mol. The molecular formula is C10H19NO3. The zero-order valence-electron chi connectivity index (χ0n) is 9.29. The Morgan fingerprint density at radius 1 is 1.43 bits per heavy atom. The SMILES string of the molecule is COC(=O)C1CC(OC(C)(C)C)CN1. The van der Waals surface area contributed by atoms with Crippen LogP contribution in [0.15, 0.2) is 0 Å². The number of methoxy groups -OCH3 is 1. The van der Waals surface area contributed by atoms with E-state index < -0.39 is 0 Å². The first-order valence-electron chi connectivity index (χ1n) is 4.91. The van der Waals surface area contributed by atoms with Crippen LogP contribution in [0.3, 0.4) is 0 Å². The number of nitrogens with one attached hydrogen (secondary N) is 1. The highest BCUT2D eigenvalue weighted by atomic mass is 16.5. The summed E-state index contributed by atoms with van der Waals surface area (Å²) in [6.07, 6.45) is 0.809. The van der Waals surface area contributed by atoms with E-state index in [4.69, 9.17) is 4.74 Å². The number of hydrogen-bond donors (Lipinski definition) is 1. The van der Waals surface area contributed by atoms with E-state index in [-0.39, 0.29) is 23.7 Å². The summed E-state index contributed by atoms with van der Waals surface area (Å²) in [6.45, 7) is 6.76. The number of ether oxygens (including phenoxy) is 2. The number of rotatable bonds is 2. The smallest absolute Gasteiger partial charge is 0.322 e. The van der Waals surface area contributed by atoms with Crippen molar-refractivity contribution >= 4 is 5.97 Å². The molecule has 2 atom stereocenters. The molecule has 0 saturated carbocycles. The van der Waals surface area contributed by atoms with Crippen LogP contribution in [0.2, 0.25) is 0 Å². The highest BCUT2D eigenvalue weighted by Crippen LogP contribution is 2.18. The second-order valence-corrected chi connectivity index (χ2v) is 4.57. The second kappa shape index (κ2) is 4.28. The Balaban J connectivity index is 2.38. The molecule has 4 heteroatoms. The van der Waals surface area contributed by atoms with Gasteiger partial charge >= 0.3 is 5.97 Å². The normalized spacial score (nSPS) is 27.7. The third-order valence-electron chi connectivity index (χ3n) is 2.10. The summed E-state index contributed by atoms with van der Waals surface area (Å²) in [5, 5.41) is 3.08. The minimum atomic E-state index is -0.204. The van der Waals surface area contributed by atoms with Gasteiger partial charge in [0.1, 0.15) is 6.04 Å². The second-order valence-electron chi connectivity index (χ2n) is 4.57. The molecule has 1 saturated heterocycles. The summed E-state index contributed by atoms with van der Waals surface area (Å²) in [5.41, 5.74) is -0.155. The Morgan fingerprint density at radius 3 is 2.57 bits per heavy atom. The fraction of sp³-hybridized carbons (Fsp3) is 0.900. The topological polar surface area (TPSA) is 47.6 Å². The Hall–Kier alpha value is -0.610. The van der Waals surface area contributed by atoms with Crippen molar-refractivity contribution in [3.63, 3.8) is 0 Å². The van der Waals surface area contributed by atoms with Gasteiger partial charge in [-0.25, -0.2) is 0 Å². The van der Waals surface area contributed by atoms with Crippen molar-refractivity contribution < 1.29 is 14.3 Å². The first kappa shape index (κ1) is 11.5. The van der Waals surface area contributed by atoms with E-state index in [9.17, 15) is 4.79 Å². The van der Waals surface area contributed by atoms with Gasteiger partial charge in [0.15, 0.2) is 0 Å². The van der Waals surface area contributed by atoms with E-state index in [0.29, 0.717) is 6.42 Å². The largest absolute Gasteiger partial charge is 0.468 e. The number of carbonyl (C=O) groups excluding carboxylic acids is 1. The van der Waals surface area contributed by atoms with Crippen LogP contribution in [-0.4, -0.2) is 37.4 Å². The Morgan fingerprint density at radius 2 is 2.07 bits per heavy atom. The van der Waals surface area contributed by atoms with Crippen molar-refractivity contribution in [1.82, 2.24) is 5.32 Å². The molecule has 0 bridgehead atoms. The lowest BCUT2D eigenvalue weighted by atomic mass is 10.1. The zero-order chi connectivity index (χ0) is 10.8. The molecule has 1 heterocycles. The molecule has 0 aromatic heterocycles. The fourth-order valence-corrected chi connectivity index (χ4v) is 1.61. The lowest BCUT2D eigenvalue weighted by Gasteiger charge is -2.24. The molecule has 0 aromatic rings. The highest BCUT2D eigenvalue weighted by molar-refractivity contribution is 5.76. The molecule has 0 aromatic carbocycles. The lowest BCUT2D eigenvalue weighted by Crippen LogP contribution is -2.31. The van der Waals surface area contributed by atoms with Gasteiger partial charge in [0.25, 0.3) is 0 Å². The van der Waals surface area contributed by atoms with Gasteiger partial charge in [0.2, 0.25) is 0 Å². The molecule has 0 spiro atoms. The predicted octanol–water partition coefficient (Wildman–Crippen LogP) is 0.705. The van der Waals surface area contributed by atoms with Crippen molar-refractivity contribution in [2.45, 2.75) is 44.9 Å². The van der Waals surface area contributed by atoms with Crippen LogP contribution < -0.4 is 5.32 Å². The molecule has 1 aliphatic rings. The molecular weight excluding hydrogens is 182 g/mol. The van der Waals surface area contributed by atoms with Crippen molar-refractivity contribution in [3.05, 3.63) is 0 Å².